The molecule has 152 valence electrons. The molecular formula is C19H18N2O8. The molecule has 0 saturated heterocycles. The molecule has 2 aromatic rings. The second-order valence-corrected chi connectivity index (χ2v) is 5.89. The highest BCUT2D eigenvalue weighted by Gasteiger charge is 2.29. The molecule has 0 saturated carbocycles. The van der Waals surface area contributed by atoms with Crippen molar-refractivity contribution in [2.75, 3.05) is 7.11 Å². The summed E-state index contributed by atoms with van der Waals surface area (Å²) in [6.07, 6.45) is 0.691. The van der Waals surface area contributed by atoms with Crippen molar-refractivity contribution in [1.29, 1.82) is 0 Å². The average molecular weight is 402 g/mol. The molecule has 1 amide bonds. The number of non-ortho nitro benzene ring substituents is 1. The van der Waals surface area contributed by atoms with E-state index in [4.69, 9.17) is 4.74 Å². The first-order chi connectivity index (χ1) is 13.7. The second kappa shape index (κ2) is 9.33. The average Bonchev–Trinajstić information content (AvgIpc) is 2.70. The van der Waals surface area contributed by atoms with Crippen LogP contribution in [0.25, 0.3) is 6.08 Å². The highest BCUT2D eigenvalue weighted by Crippen LogP contribution is 2.27. The van der Waals surface area contributed by atoms with Crippen molar-refractivity contribution >= 4 is 23.6 Å². The first-order valence-corrected chi connectivity index (χ1v) is 8.23. The summed E-state index contributed by atoms with van der Waals surface area (Å²) in [6.45, 7) is 0. The normalized spacial score (nSPS) is 12.9. The number of nitrogens with one attached hydrogen (secondary N) is 1. The maximum absolute atomic E-state index is 12.1. The molecule has 0 bridgehead atoms. The Morgan fingerprint density at radius 2 is 1.97 bits per heavy atom. The number of phenols is 1. The summed E-state index contributed by atoms with van der Waals surface area (Å²) >= 11 is 0. The number of aromatic hydroxyl groups is 1. The van der Waals surface area contributed by atoms with E-state index in [1.807, 2.05) is 0 Å². The van der Waals surface area contributed by atoms with E-state index in [-0.39, 0.29) is 22.7 Å². The molecule has 4 N–H and O–H groups in total. The van der Waals surface area contributed by atoms with Crippen LogP contribution in [-0.2, 0) is 9.59 Å². The Morgan fingerprint density at radius 3 is 2.59 bits per heavy atom. The predicted molar refractivity (Wildman–Crippen MR) is 101 cm³/mol. The largest absolute Gasteiger partial charge is 0.504 e. The molecule has 0 spiro atoms. The van der Waals surface area contributed by atoms with E-state index >= 15 is 0 Å². The number of benzene rings is 2. The molecule has 0 aliphatic heterocycles. The monoisotopic (exact) mass is 402 g/mol. The summed E-state index contributed by atoms with van der Waals surface area (Å²) in [5, 5.41) is 42.2. The van der Waals surface area contributed by atoms with Gasteiger partial charge in [-0.1, -0.05) is 18.2 Å². The number of carbonyl (C=O) groups is 2. The Kier molecular flexibility index (Phi) is 6.88. The summed E-state index contributed by atoms with van der Waals surface area (Å²) in [7, 11) is 1.36. The van der Waals surface area contributed by atoms with Crippen molar-refractivity contribution in [3.05, 3.63) is 69.8 Å². The molecule has 10 heteroatoms. The van der Waals surface area contributed by atoms with Crippen LogP contribution in [-0.4, -0.2) is 45.3 Å². The molecule has 0 aliphatic carbocycles. The van der Waals surface area contributed by atoms with Gasteiger partial charge >= 0.3 is 5.97 Å². The highest BCUT2D eigenvalue weighted by molar-refractivity contribution is 5.94. The third kappa shape index (κ3) is 5.53. The fraction of sp³-hybridized carbons (Fsp3) is 0.158. The maximum Gasteiger partial charge on any atom is 0.329 e. The number of carboxylic acids is 1. The zero-order valence-corrected chi connectivity index (χ0v) is 15.2. The van der Waals surface area contributed by atoms with E-state index in [2.05, 4.69) is 5.32 Å². The van der Waals surface area contributed by atoms with Gasteiger partial charge in [-0.2, -0.15) is 0 Å². The lowest BCUT2D eigenvalue weighted by Crippen LogP contribution is -2.44. The van der Waals surface area contributed by atoms with Crippen molar-refractivity contribution in [3.8, 4) is 11.5 Å². The molecule has 2 atom stereocenters. The number of aliphatic carboxylic acids is 1. The highest BCUT2D eigenvalue weighted by atomic mass is 16.6. The molecule has 2 aromatic carbocycles. The number of hydrogen-bond donors (Lipinski definition) is 4. The van der Waals surface area contributed by atoms with Crippen molar-refractivity contribution < 1.29 is 34.6 Å². The molecule has 0 aromatic heterocycles. The van der Waals surface area contributed by atoms with Gasteiger partial charge in [0.1, 0.15) is 6.10 Å². The van der Waals surface area contributed by atoms with Crippen LogP contribution in [0.2, 0.25) is 0 Å². The smallest absolute Gasteiger partial charge is 0.329 e. The zero-order chi connectivity index (χ0) is 21.6. The number of aliphatic hydroxyl groups is 1. The van der Waals surface area contributed by atoms with Gasteiger partial charge in [0.05, 0.1) is 12.0 Å². The number of nitro benzene ring substituents is 1. The van der Waals surface area contributed by atoms with Crippen molar-refractivity contribution in [1.82, 2.24) is 5.32 Å². The van der Waals surface area contributed by atoms with Gasteiger partial charge in [0.25, 0.3) is 5.69 Å². The lowest BCUT2D eigenvalue weighted by atomic mass is 10.0. The minimum Gasteiger partial charge on any atom is -0.504 e. The lowest BCUT2D eigenvalue weighted by molar-refractivity contribution is -0.385. The number of carboxylic acid groups (broad SMARTS) is 1. The number of aliphatic hydroxyl groups excluding tert-OH is 1. The van der Waals surface area contributed by atoms with Crippen LogP contribution in [0.15, 0.2) is 48.5 Å². The molecule has 0 aliphatic rings. The van der Waals surface area contributed by atoms with Gasteiger partial charge in [-0.15, -0.1) is 0 Å². The van der Waals surface area contributed by atoms with E-state index in [9.17, 15) is 35.0 Å². The Labute approximate surface area is 164 Å². The van der Waals surface area contributed by atoms with Crippen molar-refractivity contribution in [2.24, 2.45) is 0 Å². The predicted octanol–water partition coefficient (Wildman–Crippen LogP) is 1.63. The van der Waals surface area contributed by atoms with Crippen LogP contribution >= 0.6 is 0 Å². The Bertz CT molecular complexity index is 957. The summed E-state index contributed by atoms with van der Waals surface area (Å²) in [6, 6.07) is 7.45. The number of hydrogen-bond acceptors (Lipinski definition) is 7. The van der Waals surface area contributed by atoms with Gasteiger partial charge in [0.15, 0.2) is 17.5 Å². The van der Waals surface area contributed by atoms with E-state index in [0.29, 0.717) is 5.56 Å². The lowest BCUT2D eigenvalue weighted by Gasteiger charge is -2.20. The Balaban J connectivity index is 2.15. The molecule has 0 radical (unpaired) electrons. The van der Waals surface area contributed by atoms with Gasteiger partial charge in [0.2, 0.25) is 5.91 Å². The number of nitro groups is 1. The van der Waals surface area contributed by atoms with Gasteiger partial charge in [-0.25, -0.2) is 4.79 Å². The fourth-order valence-electron chi connectivity index (χ4n) is 2.46. The molecule has 29 heavy (non-hydrogen) atoms. The van der Waals surface area contributed by atoms with Gasteiger partial charge in [0, 0.05) is 18.2 Å². The minimum atomic E-state index is -1.73. The number of phenolic OH excluding ortho intramolecular Hbond substituents is 1. The Morgan fingerprint density at radius 1 is 1.24 bits per heavy atom. The maximum atomic E-state index is 12.1. The molecule has 2 rings (SSSR count). The van der Waals surface area contributed by atoms with E-state index in [1.165, 1.54) is 49.6 Å². The number of rotatable bonds is 8. The second-order valence-electron chi connectivity index (χ2n) is 5.89. The van der Waals surface area contributed by atoms with E-state index in [1.54, 1.807) is 0 Å². The number of amides is 1. The quantitative estimate of drug-likeness (QED) is 0.294. The zero-order valence-electron chi connectivity index (χ0n) is 15.2. The molecule has 2 unspecified atom stereocenters. The summed E-state index contributed by atoms with van der Waals surface area (Å²) in [4.78, 5) is 33.8. The fourth-order valence-corrected chi connectivity index (χ4v) is 2.46. The third-order valence-corrected chi connectivity index (χ3v) is 3.93. The summed E-state index contributed by atoms with van der Waals surface area (Å²) in [5.41, 5.74) is 0.151. The van der Waals surface area contributed by atoms with Gasteiger partial charge in [-0.3, -0.25) is 14.9 Å². The SMILES string of the molecule is COc1cc(C=CC(=O)NC(C(=O)O)C(O)c2cccc([N+](=O)[O-])c2)ccc1O. The first kappa shape index (κ1) is 21.4. The van der Waals surface area contributed by atoms with Gasteiger partial charge in [-0.05, 0) is 29.3 Å². The molecule has 0 heterocycles. The molecular weight excluding hydrogens is 384 g/mol. The van der Waals surface area contributed by atoms with E-state index in [0.717, 1.165) is 12.1 Å². The minimum absolute atomic E-state index is 0.0286. The van der Waals surface area contributed by atoms with Crippen LogP contribution in [0.1, 0.15) is 17.2 Å². The number of carbonyl (C=O) groups excluding carboxylic acids is 1. The molecule has 0 fully saturated rings. The van der Waals surface area contributed by atoms with Crippen LogP contribution in [0, 0.1) is 10.1 Å². The van der Waals surface area contributed by atoms with Crippen molar-refractivity contribution in [3.63, 3.8) is 0 Å². The number of ether oxygens (including phenoxy) is 1. The van der Waals surface area contributed by atoms with Crippen LogP contribution in [0.5, 0.6) is 11.5 Å². The summed E-state index contributed by atoms with van der Waals surface area (Å²) < 4.78 is 4.95. The topological polar surface area (TPSA) is 159 Å². The van der Waals surface area contributed by atoms with E-state index < -0.39 is 28.9 Å². The van der Waals surface area contributed by atoms with Crippen LogP contribution in [0.4, 0.5) is 5.69 Å². The first-order valence-electron chi connectivity index (χ1n) is 8.23. The van der Waals surface area contributed by atoms with Crippen LogP contribution in [0.3, 0.4) is 0 Å². The van der Waals surface area contributed by atoms with Gasteiger partial charge < -0.3 is 25.4 Å². The van der Waals surface area contributed by atoms with Crippen LogP contribution < -0.4 is 10.1 Å². The number of methoxy groups -OCH3 is 1. The summed E-state index contributed by atoms with van der Waals surface area (Å²) in [5.74, 6) is -2.22. The van der Waals surface area contributed by atoms with Crippen molar-refractivity contribution in [2.45, 2.75) is 12.1 Å². The standard InChI is InChI=1S/C19H18N2O8/c1-29-15-9-11(5-7-14(15)22)6-8-16(23)20-17(19(25)26)18(24)12-3-2-4-13(10-12)21(27)28/h2-10,17-18,22,24H,1H3,(H,20,23)(H,25,26). The third-order valence-electron chi connectivity index (χ3n) is 3.93. The number of nitrogens with zero attached hydrogens (tertiary/aromatic N) is 1. The Hall–Kier alpha value is -3.92. The molecule has 10 nitrogen and oxygen atoms in total.